The first-order chi connectivity index (χ1) is 10.7. The van der Waals surface area contributed by atoms with Crippen LogP contribution in [0.5, 0.6) is 0 Å². The Morgan fingerprint density at radius 2 is 2.00 bits per heavy atom. The van der Waals surface area contributed by atoms with Crippen molar-refractivity contribution in [2.45, 2.75) is 13.3 Å². The van der Waals surface area contributed by atoms with Crippen molar-refractivity contribution in [1.82, 2.24) is 4.98 Å². The Hall–Kier alpha value is -2.16. The highest BCUT2D eigenvalue weighted by atomic mass is 16.2. The first kappa shape index (κ1) is 12.4. The van der Waals surface area contributed by atoms with E-state index in [1.165, 1.54) is 6.42 Å². The summed E-state index contributed by atoms with van der Waals surface area (Å²) in [6, 6.07) is 10.3. The number of fused-ring (bicyclic) bond motifs is 6. The lowest BCUT2D eigenvalue weighted by molar-refractivity contribution is -0.121. The second kappa shape index (κ2) is 4.19. The van der Waals surface area contributed by atoms with Crippen molar-refractivity contribution >= 4 is 22.5 Å². The van der Waals surface area contributed by atoms with E-state index in [1.807, 2.05) is 30.0 Å². The van der Waals surface area contributed by atoms with Gasteiger partial charge in [0.2, 0.25) is 5.91 Å². The molecule has 4 atom stereocenters. The van der Waals surface area contributed by atoms with Crippen LogP contribution < -0.4 is 4.90 Å². The summed E-state index contributed by atoms with van der Waals surface area (Å²) >= 11 is 0. The van der Waals surface area contributed by atoms with Crippen molar-refractivity contribution in [3.63, 3.8) is 0 Å². The second-order valence-electron chi connectivity index (χ2n) is 6.89. The Morgan fingerprint density at radius 3 is 2.86 bits per heavy atom. The summed E-state index contributed by atoms with van der Waals surface area (Å²) in [4.78, 5) is 19.7. The molecule has 1 saturated carbocycles. The lowest BCUT2D eigenvalue weighted by atomic mass is 9.86. The number of rotatable bonds is 1. The molecule has 5 rings (SSSR count). The number of carbonyl (C=O) groups is 1. The van der Waals surface area contributed by atoms with E-state index in [2.05, 4.69) is 24.3 Å². The molecule has 110 valence electrons. The van der Waals surface area contributed by atoms with Crippen molar-refractivity contribution in [2.24, 2.45) is 23.7 Å². The number of nitrogens with zero attached hydrogens (tertiary/aromatic N) is 2. The van der Waals surface area contributed by atoms with Crippen LogP contribution in [-0.4, -0.2) is 17.4 Å². The molecule has 2 heterocycles. The highest BCUT2D eigenvalue weighted by Gasteiger charge is 2.54. The van der Waals surface area contributed by atoms with E-state index in [0.717, 1.165) is 28.8 Å². The van der Waals surface area contributed by atoms with Crippen molar-refractivity contribution in [1.29, 1.82) is 0 Å². The number of carbonyl (C=O) groups excluding carboxylic acids is 1. The fraction of sp³-hybridized carbons (Fsp3) is 0.368. The molecule has 0 N–H and O–H groups in total. The third-order valence-corrected chi connectivity index (χ3v) is 5.70. The Balaban J connectivity index is 1.62. The number of para-hydroxylation sites is 1. The van der Waals surface area contributed by atoms with Gasteiger partial charge in [-0.25, -0.2) is 0 Å². The molecule has 1 aromatic heterocycles. The minimum atomic E-state index is 0.204. The van der Waals surface area contributed by atoms with Gasteiger partial charge in [-0.05, 0) is 43.2 Å². The number of hydrogen-bond donors (Lipinski definition) is 0. The van der Waals surface area contributed by atoms with Gasteiger partial charge in [-0.2, -0.15) is 0 Å². The standard InChI is InChI=1S/C19H18N2O/c1-11-5-6-12-3-2-4-16(18(12)20-11)21-10-15-13-7-8-14(9-13)17(15)19(21)22/h2-8,13-15,17H,9-10H2,1H3. The van der Waals surface area contributed by atoms with Gasteiger partial charge in [0, 0.05) is 23.5 Å². The third kappa shape index (κ3) is 1.51. The predicted octanol–water partition coefficient (Wildman–Crippen LogP) is 3.33. The van der Waals surface area contributed by atoms with Gasteiger partial charge in [-0.1, -0.05) is 30.4 Å². The maximum Gasteiger partial charge on any atom is 0.231 e. The van der Waals surface area contributed by atoms with Crippen LogP contribution in [0.4, 0.5) is 5.69 Å². The molecule has 22 heavy (non-hydrogen) atoms. The van der Waals surface area contributed by atoms with Crippen LogP contribution in [0.15, 0.2) is 42.5 Å². The van der Waals surface area contributed by atoms with E-state index in [0.29, 0.717) is 23.7 Å². The molecule has 3 nitrogen and oxygen atoms in total. The van der Waals surface area contributed by atoms with Gasteiger partial charge in [0.25, 0.3) is 0 Å². The number of anilines is 1. The SMILES string of the molecule is Cc1ccc2cccc(N3CC4C5C=CC(C5)C4C3=O)c2n1. The lowest BCUT2D eigenvalue weighted by Crippen LogP contribution is -2.29. The molecular weight excluding hydrogens is 272 g/mol. The number of allylic oxidation sites excluding steroid dienone is 2. The summed E-state index contributed by atoms with van der Waals surface area (Å²) in [5.74, 6) is 2.08. The molecule has 0 radical (unpaired) electrons. The lowest BCUT2D eigenvalue weighted by Gasteiger charge is -2.20. The van der Waals surface area contributed by atoms with Crippen LogP contribution in [0.2, 0.25) is 0 Å². The first-order valence-electron chi connectivity index (χ1n) is 8.08. The second-order valence-corrected chi connectivity index (χ2v) is 6.89. The molecule has 1 aromatic carbocycles. The zero-order chi connectivity index (χ0) is 14.8. The van der Waals surface area contributed by atoms with Gasteiger partial charge >= 0.3 is 0 Å². The highest BCUT2D eigenvalue weighted by Crippen LogP contribution is 2.52. The van der Waals surface area contributed by atoms with Crippen LogP contribution in [-0.2, 0) is 4.79 Å². The topological polar surface area (TPSA) is 33.2 Å². The smallest absolute Gasteiger partial charge is 0.231 e. The zero-order valence-corrected chi connectivity index (χ0v) is 12.6. The molecule has 4 unspecified atom stereocenters. The van der Waals surface area contributed by atoms with Crippen molar-refractivity contribution in [3.05, 3.63) is 48.2 Å². The quantitative estimate of drug-likeness (QED) is 0.755. The maximum atomic E-state index is 13.0. The predicted molar refractivity (Wildman–Crippen MR) is 86.6 cm³/mol. The summed E-state index contributed by atoms with van der Waals surface area (Å²) in [7, 11) is 0. The van der Waals surface area contributed by atoms with Crippen LogP contribution in [0.1, 0.15) is 12.1 Å². The summed E-state index contributed by atoms with van der Waals surface area (Å²) < 4.78 is 0. The average Bonchev–Trinajstić information content (AvgIpc) is 3.20. The number of benzene rings is 1. The third-order valence-electron chi connectivity index (χ3n) is 5.70. The number of aryl methyl sites for hydroxylation is 1. The van der Waals surface area contributed by atoms with E-state index in [4.69, 9.17) is 4.98 Å². The van der Waals surface area contributed by atoms with Crippen LogP contribution >= 0.6 is 0 Å². The molecule has 3 aliphatic rings. The molecule has 1 aliphatic heterocycles. The molecule has 1 amide bonds. The summed E-state index contributed by atoms with van der Waals surface area (Å²) in [5.41, 5.74) is 2.93. The largest absolute Gasteiger partial charge is 0.310 e. The molecule has 0 spiro atoms. The zero-order valence-electron chi connectivity index (χ0n) is 12.6. The van der Waals surface area contributed by atoms with Crippen molar-refractivity contribution < 1.29 is 4.79 Å². The summed E-state index contributed by atoms with van der Waals surface area (Å²) in [5, 5.41) is 1.11. The molecule has 2 fully saturated rings. The number of hydrogen-bond acceptors (Lipinski definition) is 2. The van der Waals surface area contributed by atoms with E-state index in [1.54, 1.807) is 0 Å². The fourth-order valence-electron chi connectivity index (χ4n) is 4.68. The van der Waals surface area contributed by atoms with Gasteiger partial charge in [0.1, 0.15) is 0 Å². The maximum absolute atomic E-state index is 13.0. The molecule has 1 saturated heterocycles. The van der Waals surface area contributed by atoms with E-state index >= 15 is 0 Å². The normalized spacial score (nSPS) is 32.2. The Kier molecular flexibility index (Phi) is 2.36. The highest BCUT2D eigenvalue weighted by molar-refractivity contribution is 6.05. The Morgan fingerprint density at radius 1 is 1.14 bits per heavy atom. The van der Waals surface area contributed by atoms with Gasteiger partial charge in [0.15, 0.2) is 0 Å². The molecule has 2 aromatic rings. The first-order valence-corrected chi connectivity index (χ1v) is 8.08. The van der Waals surface area contributed by atoms with Crippen molar-refractivity contribution in [2.75, 3.05) is 11.4 Å². The molecule has 3 heteroatoms. The average molecular weight is 290 g/mol. The van der Waals surface area contributed by atoms with E-state index in [9.17, 15) is 4.79 Å². The minimum absolute atomic E-state index is 0.204. The number of amides is 1. The van der Waals surface area contributed by atoms with Crippen LogP contribution in [0, 0.1) is 30.6 Å². The van der Waals surface area contributed by atoms with E-state index in [-0.39, 0.29) is 5.92 Å². The van der Waals surface area contributed by atoms with E-state index < -0.39 is 0 Å². The number of aromatic nitrogens is 1. The molecular formula is C19H18N2O. The fourth-order valence-corrected chi connectivity index (χ4v) is 4.68. The molecule has 2 aliphatic carbocycles. The van der Waals surface area contributed by atoms with Gasteiger partial charge in [-0.3, -0.25) is 9.78 Å². The van der Waals surface area contributed by atoms with Crippen molar-refractivity contribution in [3.8, 4) is 0 Å². The van der Waals surface area contributed by atoms with Gasteiger partial charge in [-0.15, -0.1) is 0 Å². The van der Waals surface area contributed by atoms with Gasteiger partial charge in [0.05, 0.1) is 11.2 Å². The molecule has 2 bridgehead atoms. The van der Waals surface area contributed by atoms with Crippen LogP contribution in [0.3, 0.4) is 0 Å². The minimum Gasteiger partial charge on any atom is -0.310 e. The number of pyridine rings is 1. The monoisotopic (exact) mass is 290 g/mol. The summed E-state index contributed by atoms with van der Waals surface area (Å²) in [6.45, 7) is 2.85. The van der Waals surface area contributed by atoms with Crippen LogP contribution in [0.25, 0.3) is 10.9 Å². The van der Waals surface area contributed by atoms with Gasteiger partial charge < -0.3 is 4.90 Å². The Labute approximate surface area is 129 Å². The summed E-state index contributed by atoms with van der Waals surface area (Å²) in [6.07, 6.45) is 5.77. The Bertz CT molecular complexity index is 825.